The van der Waals surface area contributed by atoms with Crippen molar-refractivity contribution in [3.8, 4) is 0 Å². The summed E-state index contributed by atoms with van der Waals surface area (Å²) in [4.78, 5) is 16.2. The van der Waals surface area contributed by atoms with E-state index < -0.39 is 0 Å². The molecule has 19 heavy (non-hydrogen) atoms. The molecule has 4 nitrogen and oxygen atoms in total. The molecule has 0 aliphatic heterocycles. The van der Waals surface area contributed by atoms with Gasteiger partial charge in [0.1, 0.15) is 11.9 Å². The van der Waals surface area contributed by atoms with Crippen molar-refractivity contribution in [2.24, 2.45) is 0 Å². The van der Waals surface area contributed by atoms with Crippen molar-refractivity contribution in [2.75, 3.05) is 7.11 Å². The van der Waals surface area contributed by atoms with Gasteiger partial charge in [-0.25, -0.2) is 4.98 Å². The van der Waals surface area contributed by atoms with Crippen LogP contribution in [0, 0.1) is 0 Å². The van der Waals surface area contributed by atoms with Crippen molar-refractivity contribution in [3.63, 3.8) is 0 Å². The van der Waals surface area contributed by atoms with Gasteiger partial charge in [-0.05, 0) is 5.56 Å². The van der Waals surface area contributed by atoms with Crippen LogP contribution in [0.15, 0.2) is 30.3 Å². The van der Waals surface area contributed by atoms with Gasteiger partial charge in [0.25, 0.3) is 0 Å². The predicted octanol–water partition coefficient (Wildman–Crippen LogP) is 3.22. The summed E-state index contributed by atoms with van der Waals surface area (Å²) >= 11 is 11.8. The number of hydrogen-bond acceptors (Lipinski definition) is 3. The molecule has 1 aromatic carbocycles. The van der Waals surface area contributed by atoms with Crippen molar-refractivity contribution < 1.29 is 9.53 Å². The molecule has 0 amide bonds. The Morgan fingerprint density at radius 1 is 1.32 bits per heavy atom. The van der Waals surface area contributed by atoms with E-state index in [1.54, 1.807) is 0 Å². The molecule has 0 saturated heterocycles. The standard InChI is InChI=1S/C13H12Cl2N2O2/c1-19-8-17-12(15)11(14)16-13(17)10(18)7-9-5-3-2-4-6-9/h2-6H,7-8H2,1H3. The highest BCUT2D eigenvalue weighted by Gasteiger charge is 2.20. The van der Waals surface area contributed by atoms with Crippen molar-refractivity contribution in [1.82, 2.24) is 9.55 Å². The molecule has 1 heterocycles. The van der Waals surface area contributed by atoms with Crippen molar-refractivity contribution in [3.05, 3.63) is 52.0 Å². The maximum absolute atomic E-state index is 12.2. The number of ether oxygens (including phenoxy) is 1. The smallest absolute Gasteiger partial charge is 0.202 e. The minimum absolute atomic E-state index is 0.107. The molecule has 0 aliphatic carbocycles. The molecule has 2 rings (SSSR count). The summed E-state index contributed by atoms with van der Waals surface area (Å²) in [6.45, 7) is 0.133. The molecule has 0 unspecified atom stereocenters. The lowest BCUT2D eigenvalue weighted by molar-refractivity contribution is 0.0943. The van der Waals surface area contributed by atoms with E-state index in [-0.39, 0.29) is 35.1 Å². The van der Waals surface area contributed by atoms with Gasteiger partial charge in [0.05, 0.1) is 0 Å². The second-order valence-electron chi connectivity index (χ2n) is 3.95. The first kappa shape index (κ1) is 14.1. The molecular formula is C13H12Cl2N2O2. The summed E-state index contributed by atoms with van der Waals surface area (Å²) in [7, 11) is 1.51. The molecule has 0 atom stereocenters. The number of halogens is 2. The maximum Gasteiger partial charge on any atom is 0.202 e. The zero-order valence-corrected chi connectivity index (χ0v) is 11.8. The molecule has 100 valence electrons. The Morgan fingerprint density at radius 2 is 2.00 bits per heavy atom. The van der Waals surface area contributed by atoms with Gasteiger partial charge < -0.3 is 4.74 Å². The van der Waals surface area contributed by atoms with Gasteiger partial charge in [0, 0.05) is 13.5 Å². The minimum atomic E-state index is -0.156. The van der Waals surface area contributed by atoms with Crippen LogP contribution in [0.2, 0.25) is 10.3 Å². The molecule has 0 aliphatic rings. The van der Waals surface area contributed by atoms with Gasteiger partial charge in [0.2, 0.25) is 5.78 Å². The average Bonchev–Trinajstić information content (AvgIpc) is 2.69. The fourth-order valence-electron chi connectivity index (χ4n) is 1.72. The second-order valence-corrected chi connectivity index (χ2v) is 4.66. The third-order valence-electron chi connectivity index (χ3n) is 2.58. The van der Waals surface area contributed by atoms with Crippen LogP contribution in [-0.4, -0.2) is 22.4 Å². The molecule has 0 fully saturated rings. The third-order valence-corrected chi connectivity index (χ3v) is 3.33. The number of Topliss-reactive ketones (excluding diaryl/α,β-unsaturated/α-hetero) is 1. The summed E-state index contributed by atoms with van der Waals surface area (Å²) in [5.41, 5.74) is 0.909. The number of carbonyl (C=O) groups is 1. The molecule has 0 saturated carbocycles. The van der Waals surface area contributed by atoms with Crippen molar-refractivity contribution in [1.29, 1.82) is 0 Å². The summed E-state index contributed by atoms with van der Waals surface area (Å²) < 4.78 is 6.44. The summed E-state index contributed by atoms with van der Waals surface area (Å²) in [5.74, 6) is 0.0535. The third kappa shape index (κ3) is 3.15. The molecule has 2 aromatic rings. The van der Waals surface area contributed by atoms with Crippen LogP contribution < -0.4 is 0 Å². The molecule has 6 heteroatoms. The first-order valence-electron chi connectivity index (χ1n) is 5.61. The number of ketones is 1. The second kappa shape index (κ2) is 6.19. The Labute approximate surface area is 120 Å². The zero-order chi connectivity index (χ0) is 13.8. The van der Waals surface area contributed by atoms with Gasteiger partial charge in [-0.2, -0.15) is 0 Å². The van der Waals surface area contributed by atoms with E-state index in [0.29, 0.717) is 0 Å². The van der Waals surface area contributed by atoms with Gasteiger partial charge in [-0.15, -0.1) is 0 Å². The number of nitrogens with zero attached hydrogens (tertiary/aromatic N) is 2. The molecule has 0 radical (unpaired) electrons. The van der Waals surface area contributed by atoms with Gasteiger partial charge in [0.15, 0.2) is 11.0 Å². The van der Waals surface area contributed by atoms with Gasteiger partial charge in [-0.3, -0.25) is 9.36 Å². The van der Waals surface area contributed by atoms with E-state index >= 15 is 0 Å². The minimum Gasteiger partial charge on any atom is -0.364 e. The molecule has 1 aromatic heterocycles. The first-order valence-corrected chi connectivity index (χ1v) is 6.36. The number of benzene rings is 1. The highest BCUT2D eigenvalue weighted by atomic mass is 35.5. The summed E-state index contributed by atoms with van der Waals surface area (Å²) in [6, 6.07) is 9.41. The molecule has 0 bridgehead atoms. The number of methoxy groups -OCH3 is 1. The monoisotopic (exact) mass is 298 g/mol. The Kier molecular flexibility index (Phi) is 4.58. The predicted molar refractivity (Wildman–Crippen MR) is 73.7 cm³/mol. The fraction of sp³-hybridized carbons (Fsp3) is 0.231. The van der Waals surface area contributed by atoms with E-state index in [1.165, 1.54) is 11.7 Å². The van der Waals surface area contributed by atoms with Crippen LogP contribution in [0.1, 0.15) is 16.2 Å². The van der Waals surface area contributed by atoms with Crippen LogP contribution >= 0.6 is 23.2 Å². The summed E-state index contributed by atoms with van der Waals surface area (Å²) in [5, 5.41) is 0.315. The highest BCUT2D eigenvalue weighted by molar-refractivity contribution is 6.40. The van der Waals surface area contributed by atoms with E-state index in [1.807, 2.05) is 30.3 Å². The van der Waals surface area contributed by atoms with E-state index in [4.69, 9.17) is 27.9 Å². The number of hydrogen-bond donors (Lipinski definition) is 0. The zero-order valence-electron chi connectivity index (χ0n) is 10.3. The number of carbonyl (C=O) groups excluding carboxylic acids is 1. The molecule has 0 spiro atoms. The SMILES string of the molecule is COCn1c(C(=O)Cc2ccccc2)nc(Cl)c1Cl. The van der Waals surface area contributed by atoms with Crippen LogP contribution in [0.3, 0.4) is 0 Å². The lowest BCUT2D eigenvalue weighted by atomic mass is 10.1. The lowest BCUT2D eigenvalue weighted by Gasteiger charge is -2.06. The quantitative estimate of drug-likeness (QED) is 0.796. The highest BCUT2D eigenvalue weighted by Crippen LogP contribution is 2.23. The Balaban J connectivity index is 2.26. The number of rotatable bonds is 5. The average molecular weight is 299 g/mol. The Hall–Kier alpha value is -1.36. The molecular weight excluding hydrogens is 287 g/mol. The van der Waals surface area contributed by atoms with Crippen molar-refractivity contribution in [2.45, 2.75) is 13.2 Å². The van der Waals surface area contributed by atoms with E-state index in [9.17, 15) is 4.79 Å². The lowest BCUT2D eigenvalue weighted by Crippen LogP contribution is -2.13. The first-order chi connectivity index (χ1) is 9.13. The van der Waals surface area contributed by atoms with Crippen LogP contribution in [-0.2, 0) is 17.9 Å². The van der Waals surface area contributed by atoms with Crippen molar-refractivity contribution >= 4 is 29.0 Å². The topological polar surface area (TPSA) is 44.1 Å². The summed E-state index contributed by atoms with van der Waals surface area (Å²) in [6.07, 6.45) is 0.244. The van der Waals surface area contributed by atoms with Gasteiger partial charge >= 0.3 is 0 Å². The Morgan fingerprint density at radius 3 is 2.63 bits per heavy atom. The Bertz CT molecular complexity index is 582. The van der Waals surface area contributed by atoms with Crippen LogP contribution in [0.5, 0.6) is 0 Å². The molecule has 0 N–H and O–H groups in total. The normalized spacial score (nSPS) is 10.7. The number of aromatic nitrogens is 2. The number of imidazole rings is 1. The van der Waals surface area contributed by atoms with Gasteiger partial charge in [-0.1, -0.05) is 53.5 Å². The maximum atomic E-state index is 12.2. The van der Waals surface area contributed by atoms with E-state index in [2.05, 4.69) is 4.98 Å². The largest absolute Gasteiger partial charge is 0.364 e. The van der Waals surface area contributed by atoms with E-state index in [0.717, 1.165) is 5.56 Å². The van der Waals surface area contributed by atoms with Crippen LogP contribution in [0.25, 0.3) is 0 Å². The fourth-order valence-corrected chi connectivity index (χ4v) is 2.08. The van der Waals surface area contributed by atoms with Crippen LogP contribution in [0.4, 0.5) is 0 Å².